The summed E-state index contributed by atoms with van der Waals surface area (Å²) in [6.07, 6.45) is 0.534. The van der Waals surface area contributed by atoms with Crippen molar-refractivity contribution in [3.05, 3.63) is 63.1 Å². The van der Waals surface area contributed by atoms with Gasteiger partial charge < -0.3 is 4.42 Å². The van der Waals surface area contributed by atoms with Gasteiger partial charge in [0, 0.05) is 22.1 Å². The van der Waals surface area contributed by atoms with E-state index >= 15 is 0 Å². The molecule has 4 rings (SSSR count). The third kappa shape index (κ3) is 4.00. The van der Waals surface area contributed by atoms with Gasteiger partial charge in [-0.3, -0.25) is 0 Å². The van der Waals surface area contributed by atoms with Crippen LogP contribution < -0.4 is 0 Å². The lowest BCUT2D eigenvalue weighted by atomic mass is 10.2. The summed E-state index contributed by atoms with van der Waals surface area (Å²) in [7, 11) is 0. The van der Waals surface area contributed by atoms with Crippen molar-refractivity contribution in [3.8, 4) is 10.6 Å². The zero-order valence-electron chi connectivity index (χ0n) is 13.7. The molecule has 0 N–H and O–H groups in total. The van der Waals surface area contributed by atoms with Gasteiger partial charge in [-0.2, -0.15) is 0 Å². The minimum atomic E-state index is -0.264. The van der Waals surface area contributed by atoms with Crippen molar-refractivity contribution in [1.29, 1.82) is 0 Å². The Bertz CT molecular complexity index is 1030. The second-order valence-electron chi connectivity index (χ2n) is 5.41. The Morgan fingerprint density at radius 3 is 2.73 bits per heavy atom. The standard InChI is InChI=1S/C17H13FN4OS3/c1-10-19-11(7-24-10)6-15-21-22-17(23-15)26-9-12-8-25-16(20-12)13-4-2-3-5-14(13)18/h2-5,7-8H,6,9H2,1H3. The lowest BCUT2D eigenvalue weighted by Crippen LogP contribution is -1.88. The number of rotatable bonds is 6. The summed E-state index contributed by atoms with van der Waals surface area (Å²) in [5, 5.41) is 14.2. The molecule has 0 amide bonds. The summed E-state index contributed by atoms with van der Waals surface area (Å²) in [6.45, 7) is 1.96. The molecule has 5 nitrogen and oxygen atoms in total. The van der Waals surface area contributed by atoms with Crippen LogP contribution >= 0.6 is 34.4 Å². The Hall–Kier alpha value is -2.10. The number of hydrogen-bond acceptors (Lipinski definition) is 8. The van der Waals surface area contributed by atoms with Gasteiger partial charge >= 0.3 is 0 Å². The molecule has 0 unspecified atom stereocenters. The summed E-state index contributed by atoms with van der Waals surface area (Å²) in [6, 6.07) is 6.64. The third-order valence-electron chi connectivity index (χ3n) is 3.45. The average molecular weight is 405 g/mol. The predicted octanol–water partition coefficient (Wildman–Crippen LogP) is 4.98. The maximum Gasteiger partial charge on any atom is 0.276 e. The van der Waals surface area contributed by atoms with Gasteiger partial charge in [0.15, 0.2) is 0 Å². The third-order valence-corrected chi connectivity index (χ3v) is 6.05. The monoisotopic (exact) mass is 404 g/mol. The highest BCUT2D eigenvalue weighted by Gasteiger charge is 2.12. The summed E-state index contributed by atoms with van der Waals surface area (Å²) in [4.78, 5) is 8.89. The minimum absolute atomic E-state index is 0.264. The summed E-state index contributed by atoms with van der Waals surface area (Å²) >= 11 is 4.44. The van der Waals surface area contributed by atoms with Crippen LogP contribution in [-0.2, 0) is 12.2 Å². The Morgan fingerprint density at radius 1 is 1.08 bits per heavy atom. The number of aromatic nitrogens is 4. The maximum atomic E-state index is 13.8. The van der Waals surface area contributed by atoms with Gasteiger partial charge in [-0.1, -0.05) is 23.9 Å². The molecule has 132 valence electrons. The normalized spacial score (nSPS) is 11.2. The molecular weight excluding hydrogens is 391 g/mol. The Balaban J connectivity index is 1.38. The summed E-state index contributed by atoms with van der Waals surface area (Å²) in [5.41, 5.74) is 2.31. The Kier molecular flexibility index (Phi) is 5.09. The predicted molar refractivity (Wildman–Crippen MR) is 101 cm³/mol. The molecule has 3 aromatic heterocycles. The first-order valence-electron chi connectivity index (χ1n) is 7.73. The van der Waals surface area contributed by atoms with Gasteiger partial charge in [-0.25, -0.2) is 14.4 Å². The van der Waals surface area contributed by atoms with E-state index in [1.807, 2.05) is 17.7 Å². The molecule has 3 heterocycles. The van der Waals surface area contributed by atoms with E-state index in [1.165, 1.54) is 29.2 Å². The topological polar surface area (TPSA) is 64.7 Å². The minimum Gasteiger partial charge on any atom is -0.416 e. The molecule has 0 aliphatic rings. The molecule has 4 aromatic rings. The van der Waals surface area contributed by atoms with Gasteiger partial charge in [0.05, 0.1) is 22.8 Å². The number of thiazole rings is 2. The zero-order valence-corrected chi connectivity index (χ0v) is 16.1. The molecule has 0 saturated carbocycles. The zero-order chi connectivity index (χ0) is 17.9. The van der Waals surface area contributed by atoms with E-state index in [0.29, 0.717) is 33.9 Å². The van der Waals surface area contributed by atoms with Crippen LogP contribution in [0.3, 0.4) is 0 Å². The number of halogens is 1. The van der Waals surface area contributed by atoms with E-state index in [-0.39, 0.29) is 5.82 Å². The van der Waals surface area contributed by atoms with Crippen LogP contribution in [0.1, 0.15) is 22.3 Å². The van der Waals surface area contributed by atoms with Crippen LogP contribution in [0.2, 0.25) is 0 Å². The molecule has 0 spiro atoms. The Labute approximate surface area is 161 Å². The molecule has 0 atom stereocenters. The van der Waals surface area contributed by atoms with E-state index in [2.05, 4.69) is 20.2 Å². The van der Waals surface area contributed by atoms with E-state index in [0.717, 1.165) is 16.4 Å². The lowest BCUT2D eigenvalue weighted by Gasteiger charge is -1.97. The van der Waals surface area contributed by atoms with Crippen molar-refractivity contribution in [3.63, 3.8) is 0 Å². The second-order valence-corrected chi connectivity index (χ2v) is 8.26. The molecule has 0 aliphatic carbocycles. The number of thioether (sulfide) groups is 1. The van der Waals surface area contributed by atoms with E-state index < -0.39 is 0 Å². The maximum absolute atomic E-state index is 13.8. The lowest BCUT2D eigenvalue weighted by molar-refractivity contribution is 0.419. The van der Waals surface area contributed by atoms with Crippen molar-refractivity contribution in [2.45, 2.75) is 24.3 Å². The smallest absolute Gasteiger partial charge is 0.276 e. The SMILES string of the molecule is Cc1nc(Cc2nnc(SCc3csc(-c4ccccc4F)n3)o2)cs1. The molecule has 0 radical (unpaired) electrons. The molecule has 0 bridgehead atoms. The van der Waals surface area contributed by atoms with Crippen LogP contribution in [0, 0.1) is 12.7 Å². The van der Waals surface area contributed by atoms with E-state index in [4.69, 9.17) is 4.42 Å². The van der Waals surface area contributed by atoms with Gasteiger partial charge in [-0.15, -0.1) is 32.9 Å². The second kappa shape index (κ2) is 7.65. The van der Waals surface area contributed by atoms with E-state index in [1.54, 1.807) is 29.5 Å². The van der Waals surface area contributed by atoms with Crippen LogP contribution in [0.25, 0.3) is 10.6 Å². The van der Waals surface area contributed by atoms with E-state index in [9.17, 15) is 4.39 Å². The van der Waals surface area contributed by atoms with Crippen LogP contribution in [0.5, 0.6) is 0 Å². The number of aryl methyl sites for hydroxylation is 1. The van der Waals surface area contributed by atoms with Gasteiger partial charge in [0.25, 0.3) is 5.22 Å². The molecule has 1 aromatic carbocycles. The van der Waals surface area contributed by atoms with Crippen molar-refractivity contribution in [2.75, 3.05) is 0 Å². The molecule has 0 saturated heterocycles. The van der Waals surface area contributed by atoms with Crippen molar-refractivity contribution < 1.29 is 8.81 Å². The first-order chi connectivity index (χ1) is 12.7. The largest absolute Gasteiger partial charge is 0.416 e. The first-order valence-corrected chi connectivity index (χ1v) is 10.5. The van der Waals surface area contributed by atoms with Gasteiger partial charge in [0.1, 0.15) is 10.8 Å². The highest BCUT2D eigenvalue weighted by Crippen LogP contribution is 2.29. The molecule has 26 heavy (non-hydrogen) atoms. The first kappa shape index (κ1) is 17.3. The summed E-state index contributed by atoms with van der Waals surface area (Å²) < 4.78 is 19.5. The van der Waals surface area contributed by atoms with Crippen LogP contribution in [-0.4, -0.2) is 20.2 Å². The Morgan fingerprint density at radius 2 is 1.92 bits per heavy atom. The van der Waals surface area contributed by atoms with Crippen LogP contribution in [0.4, 0.5) is 4.39 Å². The van der Waals surface area contributed by atoms with Crippen molar-refractivity contribution in [2.24, 2.45) is 0 Å². The van der Waals surface area contributed by atoms with Crippen LogP contribution in [0.15, 0.2) is 44.7 Å². The summed E-state index contributed by atoms with van der Waals surface area (Å²) in [5.74, 6) is 0.866. The molecule has 9 heteroatoms. The van der Waals surface area contributed by atoms with Crippen molar-refractivity contribution in [1.82, 2.24) is 20.2 Å². The molecular formula is C17H13FN4OS3. The number of nitrogens with zero attached hydrogens (tertiary/aromatic N) is 4. The fraction of sp³-hybridized carbons (Fsp3) is 0.176. The average Bonchev–Trinajstić information content (AvgIpc) is 3.36. The molecule has 0 aliphatic heterocycles. The van der Waals surface area contributed by atoms with Gasteiger partial charge in [0.2, 0.25) is 5.89 Å². The number of benzene rings is 1. The van der Waals surface area contributed by atoms with Crippen molar-refractivity contribution >= 4 is 34.4 Å². The highest BCUT2D eigenvalue weighted by atomic mass is 32.2. The van der Waals surface area contributed by atoms with Gasteiger partial charge in [-0.05, 0) is 19.1 Å². The number of hydrogen-bond donors (Lipinski definition) is 0. The highest BCUT2D eigenvalue weighted by molar-refractivity contribution is 7.98. The quantitative estimate of drug-likeness (QED) is 0.422. The fourth-order valence-corrected chi connectivity index (χ4v) is 4.52. The molecule has 0 fully saturated rings. The fourth-order valence-electron chi connectivity index (χ4n) is 2.28.